The Morgan fingerprint density at radius 1 is 1.08 bits per heavy atom. The maximum Gasteiger partial charge on any atom is 0.176 e. The van der Waals surface area contributed by atoms with Gasteiger partial charge in [0.15, 0.2) is 5.82 Å². The van der Waals surface area contributed by atoms with E-state index in [1.807, 2.05) is 16.8 Å². The fourth-order valence-corrected chi connectivity index (χ4v) is 4.08. The Balaban J connectivity index is 1.74. The summed E-state index contributed by atoms with van der Waals surface area (Å²) in [4.78, 5) is 0. The van der Waals surface area contributed by atoms with Crippen molar-refractivity contribution in [1.29, 1.82) is 0 Å². The zero-order valence-corrected chi connectivity index (χ0v) is 15.4. The summed E-state index contributed by atoms with van der Waals surface area (Å²) in [6.45, 7) is 4.89. The molecule has 1 aliphatic carbocycles. The first-order valence-electron chi connectivity index (χ1n) is 9.32. The maximum absolute atomic E-state index is 5.52. The highest BCUT2D eigenvalue weighted by Gasteiger charge is 2.39. The number of hydrogen-bond donors (Lipinski definition) is 1. The van der Waals surface area contributed by atoms with Crippen LogP contribution in [0.15, 0.2) is 41.0 Å². The molecule has 1 saturated carbocycles. The van der Waals surface area contributed by atoms with E-state index < -0.39 is 0 Å². The van der Waals surface area contributed by atoms with Crippen LogP contribution in [0.4, 0.5) is 0 Å². The summed E-state index contributed by atoms with van der Waals surface area (Å²) in [6.07, 6.45) is 7.37. The standard InChI is InChI=1S/C20H25N5O/c1-15-8-6-9-16(2)18(15)25-19(22-23-24-25)20(11-4-3-5-12-20)21-14-17-10-7-13-26-17/h6-10,13,21H,3-5,11-12,14H2,1-2H3. The van der Waals surface area contributed by atoms with Crippen LogP contribution in [-0.4, -0.2) is 20.2 Å². The molecular weight excluding hydrogens is 326 g/mol. The van der Waals surface area contributed by atoms with Crippen LogP contribution in [0.2, 0.25) is 0 Å². The number of nitrogens with one attached hydrogen (secondary N) is 1. The number of rotatable bonds is 5. The van der Waals surface area contributed by atoms with Crippen LogP contribution in [-0.2, 0) is 12.1 Å². The molecular formula is C20H25N5O. The third kappa shape index (κ3) is 3.05. The summed E-state index contributed by atoms with van der Waals surface area (Å²) >= 11 is 0. The molecule has 2 heterocycles. The van der Waals surface area contributed by atoms with Gasteiger partial charge in [0.25, 0.3) is 0 Å². The van der Waals surface area contributed by atoms with Crippen molar-refractivity contribution in [2.45, 2.75) is 58.0 Å². The second-order valence-corrected chi connectivity index (χ2v) is 7.23. The van der Waals surface area contributed by atoms with Crippen molar-refractivity contribution >= 4 is 0 Å². The molecule has 6 heteroatoms. The van der Waals surface area contributed by atoms with Gasteiger partial charge in [0.2, 0.25) is 0 Å². The lowest BCUT2D eigenvalue weighted by atomic mass is 9.80. The van der Waals surface area contributed by atoms with Gasteiger partial charge in [-0.25, -0.2) is 0 Å². The molecule has 136 valence electrons. The van der Waals surface area contributed by atoms with Gasteiger partial charge in [-0.15, -0.1) is 5.10 Å². The first-order chi connectivity index (χ1) is 12.7. The minimum atomic E-state index is -0.233. The van der Waals surface area contributed by atoms with E-state index in [0.29, 0.717) is 6.54 Å². The predicted molar refractivity (Wildman–Crippen MR) is 98.9 cm³/mol. The number of tetrazole rings is 1. The summed E-state index contributed by atoms with van der Waals surface area (Å²) in [5.74, 6) is 1.84. The Hall–Kier alpha value is -2.47. The van der Waals surface area contributed by atoms with Crippen LogP contribution >= 0.6 is 0 Å². The van der Waals surface area contributed by atoms with E-state index in [2.05, 4.69) is 52.9 Å². The van der Waals surface area contributed by atoms with E-state index in [1.165, 1.54) is 30.4 Å². The predicted octanol–water partition coefficient (Wildman–Crippen LogP) is 3.82. The van der Waals surface area contributed by atoms with Crippen LogP contribution in [0.1, 0.15) is 54.8 Å². The minimum absolute atomic E-state index is 0.233. The lowest BCUT2D eigenvalue weighted by molar-refractivity contribution is 0.208. The molecule has 3 aromatic rings. The lowest BCUT2D eigenvalue weighted by Gasteiger charge is -2.37. The molecule has 0 unspecified atom stereocenters. The molecule has 2 aromatic heterocycles. The molecule has 0 aliphatic heterocycles. The molecule has 1 N–H and O–H groups in total. The van der Waals surface area contributed by atoms with E-state index >= 15 is 0 Å². The number of benzene rings is 1. The second kappa shape index (κ2) is 7.03. The van der Waals surface area contributed by atoms with Crippen molar-refractivity contribution in [3.05, 3.63) is 59.3 Å². The summed E-state index contributed by atoms with van der Waals surface area (Å²) < 4.78 is 7.45. The highest BCUT2D eigenvalue weighted by molar-refractivity contribution is 5.47. The highest BCUT2D eigenvalue weighted by Crippen LogP contribution is 2.37. The van der Waals surface area contributed by atoms with E-state index in [9.17, 15) is 0 Å². The van der Waals surface area contributed by atoms with Crippen molar-refractivity contribution in [2.75, 3.05) is 0 Å². The first-order valence-corrected chi connectivity index (χ1v) is 9.32. The quantitative estimate of drug-likeness (QED) is 0.757. The van der Waals surface area contributed by atoms with Crippen LogP contribution in [0.25, 0.3) is 5.69 Å². The molecule has 4 rings (SSSR count). The number of nitrogens with zero attached hydrogens (tertiary/aromatic N) is 4. The summed E-state index contributed by atoms with van der Waals surface area (Å²) in [5, 5.41) is 16.6. The molecule has 6 nitrogen and oxygen atoms in total. The van der Waals surface area contributed by atoms with Crippen molar-refractivity contribution in [3.8, 4) is 5.69 Å². The molecule has 0 bridgehead atoms. The Bertz CT molecular complexity index is 842. The molecule has 1 aromatic carbocycles. The number of furan rings is 1. The molecule has 26 heavy (non-hydrogen) atoms. The molecule has 1 aliphatic rings. The molecule has 0 radical (unpaired) electrons. The number of aromatic nitrogens is 4. The van der Waals surface area contributed by atoms with Gasteiger partial charge in [-0.3, -0.25) is 5.32 Å². The van der Waals surface area contributed by atoms with Gasteiger partial charge in [-0.1, -0.05) is 37.5 Å². The number of aryl methyl sites for hydroxylation is 2. The average Bonchev–Trinajstić information content (AvgIpc) is 3.33. The monoisotopic (exact) mass is 351 g/mol. The van der Waals surface area contributed by atoms with Gasteiger partial charge in [0.1, 0.15) is 5.76 Å². The smallest absolute Gasteiger partial charge is 0.176 e. The zero-order chi connectivity index (χ0) is 18.0. The van der Waals surface area contributed by atoms with E-state index in [4.69, 9.17) is 4.42 Å². The molecule has 0 spiro atoms. The SMILES string of the molecule is Cc1cccc(C)c1-n1nnnc1C1(NCc2ccco2)CCCCC1. The Morgan fingerprint density at radius 3 is 2.54 bits per heavy atom. The van der Waals surface area contributed by atoms with Gasteiger partial charge in [-0.05, 0) is 60.4 Å². The fraction of sp³-hybridized carbons (Fsp3) is 0.450. The van der Waals surface area contributed by atoms with Crippen LogP contribution in [0, 0.1) is 13.8 Å². The summed E-state index contributed by atoms with van der Waals surface area (Å²) in [6, 6.07) is 10.2. The van der Waals surface area contributed by atoms with Gasteiger partial charge >= 0.3 is 0 Å². The van der Waals surface area contributed by atoms with E-state index in [-0.39, 0.29) is 5.54 Å². The van der Waals surface area contributed by atoms with Crippen LogP contribution in [0.3, 0.4) is 0 Å². The van der Waals surface area contributed by atoms with E-state index in [0.717, 1.165) is 30.1 Å². The van der Waals surface area contributed by atoms with Crippen molar-refractivity contribution in [2.24, 2.45) is 0 Å². The van der Waals surface area contributed by atoms with Crippen molar-refractivity contribution < 1.29 is 4.42 Å². The molecule has 1 fully saturated rings. The van der Waals surface area contributed by atoms with Gasteiger partial charge < -0.3 is 4.42 Å². The lowest BCUT2D eigenvalue weighted by Crippen LogP contribution is -2.45. The summed E-state index contributed by atoms with van der Waals surface area (Å²) in [7, 11) is 0. The third-order valence-electron chi connectivity index (χ3n) is 5.44. The summed E-state index contributed by atoms with van der Waals surface area (Å²) in [5.41, 5.74) is 3.20. The van der Waals surface area contributed by atoms with Crippen LogP contribution in [0.5, 0.6) is 0 Å². The van der Waals surface area contributed by atoms with Crippen LogP contribution < -0.4 is 5.32 Å². The normalized spacial score (nSPS) is 16.7. The molecule has 0 saturated heterocycles. The highest BCUT2D eigenvalue weighted by atomic mass is 16.3. The van der Waals surface area contributed by atoms with Gasteiger partial charge in [-0.2, -0.15) is 4.68 Å². The topological polar surface area (TPSA) is 68.8 Å². The Morgan fingerprint density at radius 2 is 1.85 bits per heavy atom. The van der Waals surface area contributed by atoms with Gasteiger partial charge in [0.05, 0.1) is 24.0 Å². The van der Waals surface area contributed by atoms with Crippen molar-refractivity contribution in [1.82, 2.24) is 25.5 Å². The van der Waals surface area contributed by atoms with Crippen molar-refractivity contribution in [3.63, 3.8) is 0 Å². The largest absolute Gasteiger partial charge is 0.468 e. The van der Waals surface area contributed by atoms with Gasteiger partial charge in [0, 0.05) is 0 Å². The average molecular weight is 351 g/mol. The Labute approximate surface area is 153 Å². The first kappa shape index (κ1) is 17.0. The molecule has 0 amide bonds. The van der Waals surface area contributed by atoms with E-state index in [1.54, 1.807) is 6.26 Å². The number of para-hydroxylation sites is 1. The zero-order valence-electron chi connectivity index (χ0n) is 15.4. The Kier molecular flexibility index (Phi) is 4.59. The second-order valence-electron chi connectivity index (χ2n) is 7.23. The maximum atomic E-state index is 5.52. The molecule has 0 atom stereocenters. The third-order valence-corrected chi connectivity index (χ3v) is 5.44. The minimum Gasteiger partial charge on any atom is -0.468 e. The number of hydrogen-bond acceptors (Lipinski definition) is 5. The fourth-order valence-electron chi connectivity index (χ4n) is 4.08.